The standard InChI is InChI=1S/C11H16N2OS/c1-3-9(8(2)14)6-10-7-13-4-5-15-11(13)12-10/h4-5,7-9,14H,3,6H2,1-2H3. The second-order valence-corrected chi connectivity index (χ2v) is 4.81. The van der Waals surface area contributed by atoms with Gasteiger partial charge >= 0.3 is 0 Å². The third kappa shape index (κ3) is 2.21. The van der Waals surface area contributed by atoms with Gasteiger partial charge in [0.2, 0.25) is 0 Å². The van der Waals surface area contributed by atoms with E-state index in [9.17, 15) is 5.11 Å². The lowest BCUT2D eigenvalue weighted by atomic mass is 9.95. The largest absolute Gasteiger partial charge is 0.393 e. The van der Waals surface area contributed by atoms with Gasteiger partial charge in [0.1, 0.15) is 0 Å². The summed E-state index contributed by atoms with van der Waals surface area (Å²) in [4.78, 5) is 5.55. The molecule has 0 spiro atoms. The number of thiazole rings is 1. The molecular formula is C11H16N2OS. The van der Waals surface area contributed by atoms with Crippen molar-refractivity contribution in [2.75, 3.05) is 0 Å². The molecule has 0 saturated heterocycles. The zero-order valence-electron chi connectivity index (χ0n) is 9.05. The molecule has 2 atom stereocenters. The van der Waals surface area contributed by atoms with Crippen LogP contribution in [-0.4, -0.2) is 20.6 Å². The van der Waals surface area contributed by atoms with E-state index in [0.29, 0.717) is 5.92 Å². The van der Waals surface area contributed by atoms with Gasteiger partial charge in [0.05, 0.1) is 11.8 Å². The SMILES string of the molecule is CCC(Cc1cn2ccsc2n1)C(C)O. The summed E-state index contributed by atoms with van der Waals surface area (Å²) < 4.78 is 2.04. The van der Waals surface area contributed by atoms with E-state index in [2.05, 4.69) is 18.1 Å². The number of aliphatic hydroxyl groups is 1. The van der Waals surface area contributed by atoms with Crippen molar-refractivity contribution in [2.45, 2.75) is 32.8 Å². The van der Waals surface area contributed by atoms with Crippen molar-refractivity contribution in [3.05, 3.63) is 23.5 Å². The minimum absolute atomic E-state index is 0.255. The van der Waals surface area contributed by atoms with E-state index in [-0.39, 0.29) is 6.10 Å². The second-order valence-electron chi connectivity index (χ2n) is 3.94. The van der Waals surface area contributed by atoms with Crippen LogP contribution >= 0.6 is 11.3 Å². The zero-order valence-corrected chi connectivity index (χ0v) is 9.87. The second kappa shape index (κ2) is 4.33. The van der Waals surface area contributed by atoms with E-state index in [4.69, 9.17) is 0 Å². The average Bonchev–Trinajstić information content (AvgIpc) is 2.72. The lowest BCUT2D eigenvalue weighted by Crippen LogP contribution is -2.18. The minimum Gasteiger partial charge on any atom is -0.393 e. The Morgan fingerprint density at radius 1 is 1.60 bits per heavy atom. The molecule has 0 amide bonds. The van der Waals surface area contributed by atoms with Gasteiger partial charge in [-0.05, 0) is 19.3 Å². The number of hydrogen-bond donors (Lipinski definition) is 1. The van der Waals surface area contributed by atoms with Crippen LogP contribution < -0.4 is 0 Å². The van der Waals surface area contributed by atoms with Crippen molar-refractivity contribution in [3.63, 3.8) is 0 Å². The molecule has 2 heterocycles. The summed E-state index contributed by atoms with van der Waals surface area (Å²) in [5.41, 5.74) is 1.08. The lowest BCUT2D eigenvalue weighted by molar-refractivity contribution is 0.122. The third-order valence-corrected chi connectivity index (χ3v) is 3.59. The Kier molecular flexibility index (Phi) is 3.07. The molecule has 0 aliphatic carbocycles. The molecule has 82 valence electrons. The molecule has 0 bridgehead atoms. The number of aromatic nitrogens is 2. The van der Waals surface area contributed by atoms with Crippen molar-refractivity contribution < 1.29 is 5.11 Å². The van der Waals surface area contributed by atoms with Crippen LogP contribution in [0.4, 0.5) is 0 Å². The van der Waals surface area contributed by atoms with Gasteiger partial charge in [0, 0.05) is 17.8 Å². The van der Waals surface area contributed by atoms with E-state index < -0.39 is 0 Å². The van der Waals surface area contributed by atoms with E-state index >= 15 is 0 Å². The Morgan fingerprint density at radius 3 is 3.00 bits per heavy atom. The molecule has 1 N–H and O–H groups in total. The van der Waals surface area contributed by atoms with Crippen molar-refractivity contribution >= 4 is 16.3 Å². The van der Waals surface area contributed by atoms with Gasteiger partial charge < -0.3 is 5.11 Å². The molecule has 0 aromatic carbocycles. The quantitative estimate of drug-likeness (QED) is 0.865. The first kappa shape index (κ1) is 10.6. The summed E-state index contributed by atoms with van der Waals surface area (Å²) in [6.07, 6.45) is 5.66. The fourth-order valence-electron chi connectivity index (χ4n) is 1.80. The maximum absolute atomic E-state index is 9.57. The summed E-state index contributed by atoms with van der Waals surface area (Å²) in [6.45, 7) is 3.96. The highest BCUT2D eigenvalue weighted by Crippen LogP contribution is 2.18. The first-order valence-corrected chi connectivity index (χ1v) is 6.17. The number of rotatable bonds is 4. The number of nitrogens with zero attached hydrogens (tertiary/aromatic N) is 2. The third-order valence-electron chi connectivity index (χ3n) is 2.82. The molecule has 0 aliphatic heterocycles. The predicted molar refractivity (Wildman–Crippen MR) is 62.2 cm³/mol. The molecule has 15 heavy (non-hydrogen) atoms. The van der Waals surface area contributed by atoms with E-state index in [0.717, 1.165) is 23.5 Å². The number of imidazole rings is 1. The molecule has 3 nitrogen and oxygen atoms in total. The Morgan fingerprint density at radius 2 is 2.40 bits per heavy atom. The average molecular weight is 224 g/mol. The summed E-state index contributed by atoms with van der Waals surface area (Å²) >= 11 is 1.64. The topological polar surface area (TPSA) is 37.5 Å². The Bertz CT molecular complexity index is 404. The van der Waals surface area contributed by atoms with Crippen LogP contribution in [0, 0.1) is 5.92 Å². The van der Waals surface area contributed by atoms with Crippen molar-refractivity contribution in [1.29, 1.82) is 0 Å². The highest BCUT2D eigenvalue weighted by Gasteiger charge is 2.15. The molecule has 0 fully saturated rings. The summed E-state index contributed by atoms with van der Waals surface area (Å²) in [5, 5.41) is 11.6. The normalized spacial score (nSPS) is 15.7. The molecular weight excluding hydrogens is 208 g/mol. The van der Waals surface area contributed by atoms with Crippen molar-refractivity contribution in [3.8, 4) is 0 Å². The van der Waals surface area contributed by atoms with E-state index in [1.807, 2.05) is 22.9 Å². The highest BCUT2D eigenvalue weighted by atomic mass is 32.1. The fourth-order valence-corrected chi connectivity index (χ4v) is 2.52. The monoisotopic (exact) mass is 224 g/mol. The molecule has 0 radical (unpaired) electrons. The maximum atomic E-state index is 9.57. The van der Waals surface area contributed by atoms with Gasteiger partial charge in [-0.1, -0.05) is 13.3 Å². The first-order chi connectivity index (χ1) is 7.20. The van der Waals surface area contributed by atoms with Crippen LogP contribution in [0.2, 0.25) is 0 Å². The van der Waals surface area contributed by atoms with E-state index in [1.54, 1.807) is 11.3 Å². The summed E-state index contributed by atoms with van der Waals surface area (Å²) in [6, 6.07) is 0. The number of hydrogen-bond acceptors (Lipinski definition) is 3. The Balaban J connectivity index is 2.14. The number of fused-ring (bicyclic) bond motifs is 1. The van der Waals surface area contributed by atoms with Gasteiger partial charge in [0.25, 0.3) is 0 Å². The van der Waals surface area contributed by atoms with Crippen molar-refractivity contribution in [1.82, 2.24) is 9.38 Å². The zero-order chi connectivity index (χ0) is 10.8. The Hall–Kier alpha value is -0.870. The number of aliphatic hydroxyl groups excluding tert-OH is 1. The van der Waals surface area contributed by atoms with Crippen LogP contribution in [0.3, 0.4) is 0 Å². The van der Waals surface area contributed by atoms with Crippen LogP contribution in [0.1, 0.15) is 26.0 Å². The molecule has 2 aromatic heterocycles. The first-order valence-electron chi connectivity index (χ1n) is 5.30. The molecule has 2 aromatic rings. The Labute approximate surface area is 93.4 Å². The van der Waals surface area contributed by atoms with Crippen LogP contribution in [0.5, 0.6) is 0 Å². The van der Waals surface area contributed by atoms with Gasteiger partial charge in [-0.3, -0.25) is 4.40 Å². The van der Waals surface area contributed by atoms with Crippen LogP contribution in [0.25, 0.3) is 4.96 Å². The van der Waals surface area contributed by atoms with Gasteiger partial charge in [-0.2, -0.15) is 0 Å². The lowest BCUT2D eigenvalue weighted by Gasteiger charge is -2.16. The minimum atomic E-state index is -0.255. The molecule has 2 rings (SSSR count). The summed E-state index contributed by atoms with van der Waals surface area (Å²) in [5.74, 6) is 0.314. The molecule has 2 unspecified atom stereocenters. The predicted octanol–water partition coefficient (Wildman–Crippen LogP) is 2.35. The van der Waals surface area contributed by atoms with E-state index in [1.165, 1.54) is 0 Å². The fraction of sp³-hybridized carbons (Fsp3) is 0.545. The summed E-state index contributed by atoms with van der Waals surface area (Å²) in [7, 11) is 0. The van der Waals surface area contributed by atoms with Crippen LogP contribution in [0.15, 0.2) is 17.8 Å². The van der Waals surface area contributed by atoms with Gasteiger partial charge in [-0.25, -0.2) is 4.98 Å². The van der Waals surface area contributed by atoms with Gasteiger partial charge in [-0.15, -0.1) is 11.3 Å². The highest BCUT2D eigenvalue weighted by molar-refractivity contribution is 7.15. The smallest absolute Gasteiger partial charge is 0.193 e. The van der Waals surface area contributed by atoms with Crippen LogP contribution in [-0.2, 0) is 6.42 Å². The maximum Gasteiger partial charge on any atom is 0.193 e. The molecule has 0 saturated carbocycles. The molecule has 0 aliphatic rings. The van der Waals surface area contributed by atoms with Gasteiger partial charge in [0.15, 0.2) is 4.96 Å². The van der Waals surface area contributed by atoms with Crippen molar-refractivity contribution in [2.24, 2.45) is 5.92 Å². The molecule has 4 heteroatoms.